The molecule has 1 aromatic heterocycles. The quantitative estimate of drug-likeness (QED) is 0.620. The molecule has 1 aromatic rings. The number of likely N-dealkylation sites (tertiary alicyclic amines) is 1. The van der Waals surface area contributed by atoms with E-state index < -0.39 is 5.97 Å². The molecule has 18 heavy (non-hydrogen) atoms. The van der Waals surface area contributed by atoms with Gasteiger partial charge in [-0.3, -0.25) is 0 Å². The van der Waals surface area contributed by atoms with Crippen LogP contribution in [0.2, 0.25) is 0 Å². The van der Waals surface area contributed by atoms with Crippen LogP contribution in [0.15, 0.2) is 12.1 Å². The zero-order valence-electron chi connectivity index (χ0n) is 11.0. The molecule has 0 atom stereocenters. The van der Waals surface area contributed by atoms with Gasteiger partial charge in [-0.2, -0.15) is 0 Å². The van der Waals surface area contributed by atoms with Gasteiger partial charge in [0.2, 0.25) is 0 Å². The van der Waals surface area contributed by atoms with Crippen LogP contribution in [0.3, 0.4) is 0 Å². The second-order valence-corrected chi connectivity index (χ2v) is 5.73. The van der Waals surface area contributed by atoms with Crippen LogP contribution in [-0.2, 0) is 6.42 Å². The smallest absolute Gasteiger partial charge is 0.544 e. The van der Waals surface area contributed by atoms with E-state index in [0.29, 0.717) is 4.88 Å². The summed E-state index contributed by atoms with van der Waals surface area (Å²) in [5.74, 6) is -1.06. The second-order valence-electron chi connectivity index (χ2n) is 4.56. The van der Waals surface area contributed by atoms with Crippen molar-refractivity contribution < 1.29 is 28.8 Å². The van der Waals surface area contributed by atoms with Gasteiger partial charge in [0.05, 0.1) is 10.8 Å². The van der Waals surface area contributed by atoms with Crippen molar-refractivity contribution in [2.45, 2.75) is 32.1 Å². The Morgan fingerprint density at radius 2 is 1.89 bits per heavy atom. The zero-order chi connectivity index (χ0) is 12.1. The molecule has 0 unspecified atom stereocenters. The predicted octanol–water partition coefficient (Wildman–Crippen LogP) is -1.47. The molecule has 0 spiro atoms. The maximum absolute atomic E-state index is 10.7. The van der Waals surface area contributed by atoms with E-state index in [4.69, 9.17) is 0 Å². The number of carboxylic acid groups (broad SMARTS) is 1. The van der Waals surface area contributed by atoms with E-state index in [-0.39, 0.29) is 18.9 Å². The summed E-state index contributed by atoms with van der Waals surface area (Å²) >= 11 is 1.35. The number of carbonyl (C=O) groups excluding carboxylic acids is 1. The molecule has 5 heteroatoms. The molecule has 1 aliphatic rings. The molecule has 0 bridgehead atoms. The van der Waals surface area contributed by atoms with Crippen LogP contribution in [0, 0.1) is 0 Å². The van der Waals surface area contributed by atoms with Crippen molar-refractivity contribution in [2.75, 3.05) is 19.6 Å². The number of hydrogen-bond acceptors (Lipinski definition) is 4. The van der Waals surface area contributed by atoms with Gasteiger partial charge in [-0.1, -0.05) is 12.8 Å². The van der Waals surface area contributed by atoms with E-state index in [1.807, 2.05) is 6.07 Å². The molecule has 2 heterocycles. The number of carboxylic acids is 1. The van der Waals surface area contributed by atoms with Crippen molar-refractivity contribution >= 4 is 17.3 Å². The first-order valence-electron chi connectivity index (χ1n) is 6.28. The van der Waals surface area contributed by atoms with Gasteiger partial charge in [0, 0.05) is 11.4 Å². The fourth-order valence-corrected chi connectivity index (χ4v) is 3.08. The molecule has 3 nitrogen and oxygen atoms in total. The average Bonchev–Trinajstić information content (AvgIpc) is 2.63. The maximum atomic E-state index is 10.7. The topological polar surface area (TPSA) is 43.4 Å². The third-order valence-electron chi connectivity index (χ3n) is 3.24. The third kappa shape index (κ3) is 4.78. The molecule has 0 N–H and O–H groups in total. The van der Waals surface area contributed by atoms with Gasteiger partial charge in [0.25, 0.3) is 0 Å². The molecular weight excluding hydrogens is 241 g/mol. The molecule has 1 saturated heterocycles. The molecule has 1 fully saturated rings. The molecule has 1 aliphatic heterocycles. The second kappa shape index (κ2) is 8.01. The van der Waals surface area contributed by atoms with E-state index in [1.54, 1.807) is 6.07 Å². The van der Waals surface area contributed by atoms with Crippen molar-refractivity contribution in [1.29, 1.82) is 0 Å². The number of rotatable bonds is 4. The summed E-state index contributed by atoms with van der Waals surface area (Å²) < 4.78 is 0. The first-order chi connectivity index (χ1) is 8.25. The van der Waals surface area contributed by atoms with Crippen LogP contribution in [0.25, 0.3) is 0 Å². The number of carbonyl (C=O) groups is 1. The van der Waals surface area contributed by atoms with Crippen molar-refractivity contribution in [1.82, 2.24) is 4.90 Å². The van der Waals surface area contributed by atoms with E-state index in [9.17, 15) is 9.90 Å². The Hall–Kier alpha value is -0.273. The predicted molar refractivity (Wildman–Crippen MR) is 67.3 cm³/mol. The summed E-state index contributed by atoms with van der Waals surface area (Å²) in [6.07, 6.45) is 6.26. The first kappa shape index (κ1) is 15.8. The standard InChI is InChI=1S/C13H19NO2S.Li/c15-13(16)12-6-5-11(17-12)7-10-14-8-3-1-2-4-9-14;/h5-6H,1-4,7-10H2,(H,15,16);/q;+1/p-1. The Balaban J connectivity index is 0.00000162. The molecular formula is C13H18LiNO2S. The van der Waals surface area contributed by atoms with Crippen LogP contribution in [0.1, 0.15) is 40.2 Å². The van der Waals surface area contributed by atoms with Crippen LogP contribution in [0.4, 0.5) is 0 Å². The molecule has 0 saturated carbocycles. The molecule has 0 aliphatic carbocycles. The van der Waals surface area contributed by atoms with Crippen molar-refractivity contribution in [2.24, 2.45) is 0 Å². The van der Waals surface area contributed by atoms with Crippen LogP contribution in [-0.4, -0.2) is 30.5 Å². The Labute approximate surface area is 124 Å². The number of aromatic carboxylic acids is 1. The number of thiophene rings is 1. The summed E-state index contributed by atoms with van der Waals surface area (Å²) in [6, 6.07) is 3.56. The normalized spacial score (nSPS) is 16.9. The molecule has 0 aromatic carbocycles. The monoisotopic (exact) mass is 259 g/mol. The van der Waals surface area contributed by atoms with Gasteiger partial charge in [-0.05, 0) is 44.5 Å². The minimum atomic E-state index is -1.06. The van der Waals surface area contributed by atoms with E-state index in [0.717, 1.165) is 17.8 Å². The Morgan fingerprint density at radius 3 is 2.44 bits per heavy atom. The maximum Gasteiger partial charge on any atom is 1.00 e. The van der Waals surface area contributed by atoms with Gasteiger partial charge in [-0.25, -0.2) is 0 Å². The summed E-state index contributed by atoms with van der Waals surface area (Å²) in [6.45, 7) is 3.43. The minimum Gasteiger partial charge on any atom is -0.544 e. The van der Waals surface area contributed by atoms with Crippen LogP contribution >= 0.6 is 11.3 Å². The van der Waals surface area contributed by atoms with Crippen LogP contribution < -0.4 is 24.0 Å². The van der Waals surface area contributed by atoms with Crippen molar-refractivity contribution in [3.8, 4) is 0 Å². The molecule has 0 amide bonds. The minimum absolute atomic E-state index is 0. The van der Waals surface area contributed by atoms with Gasteiger partial charge in [-0.15, -0.1) is 11.3 Å². The van der Waals surface area contributed by atoms with Crippen molar-refractivity contribution in [3.05, 3.63) is 21.9 Å². The summed E-state index contributed by atoms with van der Waals surface area (Å²) in [5, 5.41) is 10.7. The number of hydrogen-bond donors (Lipinski definition) is 0. The zero-order valence-corrected chi connectivity index (χ0v) is 11.8. The number of nitrogens with zero attached hydrogens (tertiary/aromatic N) is 1. The third-order valence-corrected chi connectivity index (χ3v) is 4.36. The largest absolute Gasteiger partial charge is 1.00 e. The van der Waals surface area contributed by atoms with Gasteiger partial charge in [0.1, 0.15) is 0 Å². The van der Waals surface area contributed by atoms with Crippen molar-refractivity contribution in [3.63, 3.8) is 0 Å². The molecule has 94 valence electrons. The van der Waals surface area contributed by atoms with E-state index in [1.165, 1.54) is 50.1 Å². The summed E-state index contributed by atoms with van der Waals surface area (Å²) in [5.41, 5.74) is 0. The fourth-order valence-electron chi connectivity index (χ4n) is 2.25. The van der Waals surface area contributed by atoms with Crippen LogP contribution in [0.5, 0.6) is 0 Å². The Bertz CT molecular complexity index is 373. The molecule has 2 rings (SSSR count). The fraction of sp³-hybridized carbons (Fsp3) is 0.615. The summed E-state index contributed by atoms with van der Waals surface area (Å²) in [4.78, 5) is 14.6. The SMILES string of the molecule is O=C([O-])c1ccc(CCN2CCCCCC2)s1.[Li+]. The molecule has 0 radical (unpaired) electrons. The summed E-state index contributed by atoms with van der Waals surface area (Å²) in [7, 11) is 0. The Kier molecular flexibility index (Phi) is 7.02. The van der Waals surface area contributed by atoms with Gasteiger partial charge >= 0.3 is 18.9 Å². The Morgan fingerprint density at radius 1 is 1.22 bits per heavy atom. The van der Waals surface area contributed by atoms with Gasteiger partial charge in [0.15, 0.2) is 0 Å². The average molecular weight is 259 g/mol. The van der Waals surface area contributed by atoms with E-state index in [2.05, 4.69) is 4.90 Å². The van der Waals surface area contributed by atoms with E-state index >= 15 is 0 Å². The first-order valence-corrected chi connectivity index (χ1v) is 7.10. The van der Waals surface area contributed by atoms with Gasteiger partial charge < -0.3 is 14.8 Å².